The summed E-state index contributed by atoms with van der Waals surface area (Å²) < 4.78 is 0. The van der Waals surface area contributed by atoms with Crippen LogP contribution in [0.25, 0.3) is 0 Å². The maximum Gasteiger partial charge on any atom is 0.162 e. The van der Waals surface area contributed by atoms with E-state index in [-0.39, 0.29) is 11.3 Å². The number of carbonyl (C=O) groups excluding carboxylic acids is 2. The van der Waals surface area contributed by atoms with Crippen LogP contribution < -0.4 is 5.32 Å². The molecule has 0 fully saturated rings. The number of hydrogen-bond donors (Lipinski definition) is 1. The van der Waals surface area contributed by atoms with Crippen molar-refractivity contribution in [3.63, 3.8) is 0 Å². The molecule has 0 bridgehead atoms. The molecule has 0 radical (unpaired) electrons. The fourth-order valence-corrected chi connectivity index (χ4v) is 4.73. The summed E-state index contributed by atoms with van der Waals surface area (Å²) in [6.07, 6.45) is 8.76. The number of ketones is 2. The van der Waals surface area contributed by atoms with Gasteiger partial charge in [0.1, 0.15) is 0 Å². The molecule has 0 aromatic heterocycles. The van der Waals surface area contributed by atoms with Crippen LogP contribution in [0.4, 0.5) is 0 Å². The van der Waals surface area contributed by atoms with Crippen LogP contribution in [0.2, 0.25) is 0 Å². The number of rotatable bonds is 15. The zero-order chi connectivity index (χ0) is 24.4. The van der Waals surface area contributed by atoms with Crippen molar-refractivity contribution in [1.82, 2.24) is 5.32 Å². The lowest BCUT2D eigenvalue weighted by molar-refractivity contribution is -0.125. The van der Waals surface area contributed by atoms with Gasteiger partial charge >= 0.3 is 0 Å². The zero-order valence-corrected chi connectivity index (χ0v) is 22.1. The maximum absolute atomic E-state index is 12.7. The lowest BCUT2D eigenvalue weighted by Gasteiger charge is -2.33. The second kappa shape index (κ2) is 13.3. The normalized spacial score (nSPS) is 14.2. The molecule has 0 heterocycles. The molecule has 0 aliphatic carbocycles. The van der Waals surface area contributed by atoms with Gasteiger partial charge in [-0.2, -0.15) is 0 Å². The Bertz CT molecular complexity index is 697. The van der Waals surface area contributed by atoms with E-state index in [2.05, 4.69) is 59.0 Å². The fourth-order valence-electron chi connectivity index (χ4n) is 4.73. The van der Waals surface area contributed by atoms with Crippen molar-refractivity contribution in [2.24, 2.45) is 11.8 Å². The standard InChI is InChI=1S/C29H49NO2/c1-9-23-17-19-25(20-18-23)26(31)15-12-14-24(10-2)21-22(3)13-11-16-27(32)29(7,8)30-28(4,5)6/h17-20,22,24,30H,9-16,21H2,1-8H3. The number of carbonyl (C=O) groups is 2. The molecule has 0 aliphatic rings. The first kappa shape index (κ1) is 28.6. The molecule has 32 heavy (non-hydrogen) atoms. The molecular weight excluding hydrogens is 394 g/mol. The third-order valence-corrected chi connectivity index (χ3v) is 6.50. The van der Waals surface area contributed by atoms with Crippen LogP contribution >= 0.6 is 0 Å². The largest absolute Gasteiger partial charge is 0.301 e. The summed E-state index contributed by atoms with van der Waals surface area (Å²) in [5.74, 6) is 1.84. The van der Waals surface area contributed by atoms with Crippen molar-refractivity contribution in [2.45, 2.75) is 124 Å². The van der Waals surface area contributed by atoms with Crippen LogP contribution in [-0.4, -0.2) is 22.6 Å². The highest BCUT2D eigenvalue weighted by atomic mass is 16.1. The molecule has 1 aromatic carbocycles. The lowest BCUT2D eigenvalue weighted by atomic mass is 9.85. The van der Waals surface area contributed by atoms with E-state index in [0.717, 1.165) is 44.1 Å². The van der Waals surface area contributed by atoms with Crippen LogP contribution in [-0.2, 0) is 11.2 Å². The third kappa shape index (κ3) is 10.9. The minimum absolute atomic E-state index is 0.0683. The summed E-state index contributed by atoms with van der Waals surface area (Å²) in [6, 6.07) is 8.07. The van der Waals surface area contributed by atoms with Gasteiger partial charge in [-0.15, -0.1) is 0 Å². The molecule has 0 aliphatic heterocycles. The Morgan fingerprint density at radius 1 is 0.906 bits per heavy atom. The molecule has 182 valence electrons. The minimum Gasteiger partial charge on any atom is -0.301 e. The Balaban J connectivity index is 2.35. The topological polar surface area (TPSA) is 46.2 Å². The number of benzene rings is 1. The Hall–Kier alpha value is -1.48. The van der Waals surface area contributed by atoms with Gasteiger partial charge in [0.2, 0.25) is 0 Å². The molecule has 1 N–H and O–H groups in total. The second-order valence-corrected chi connectivity index (χ2v) is 11.3. The van der Waals surface area contributed by atoms with Gasteiger partial charge in [-0.3, -0.25) is 9.59 Å². The highest BCUT2D eigenvalue weighted by Gasteiger charge is 2.30. The average molecular weight is 444 g/mol. The summed E-state index contributed by atoms with van der Waals surface area (Å²) in [6.45, 7) is 17.0. The Kier molecular flexibility index (Phi) is 11.9. The zero-order valence-electron chi connectivity index (χ0n) is 22.1. The molecule has 1 aromatic rings. The highest BCUT2D eigenvalue weighted by molar-refractivity contribution is 5.96. The van der Waals surface area contributed by atoms with Gasteiger partial charge in [0, 0.05) is 23.9 Å². The third-order valence-electron chi connectivity index (χ3n) is 6.50. The van der Waals surface area contributed by atoms with Crippen molar-refractivity contribution in [2.75, 3.05) is 0 Å². The van der Waals surface area contributed by atoms with Crippen molar-refractivity contribution in [1.29, 1.82) is 0 Å². The predicted octanol–water partition coefficient (Wildman–Crippen LogP) is 7.56. The number of aryl methyl sites for hydroxylation is 1. The van der Waals surface area contributed by atoms with Crippen LogP contribution in [0.3, 0.4) is 0 Å². The van der Waals surface area contributed by atoms with Gasteiger partial charge in [0.15, 0.2) is 11.6 Å². The van der Waals surface area contributed by atoms with Gasteiger partial charge < -0.3 is 5.32 Å². The highest BCUT2D eigenvalue weighted by Crippen LogP contribution is 2.26. The summed E-state index contributed by atoms with van der Waals surface area (Å²) >= 11 is 0. The van der Waals surface area contributed by atoms with Crippen molar-refractivity contribution in [3.05, 3.63) is 35.4 Å². The lowest BCUT2D eigenvalue weighted by Crippen LogP contribution is -2.55. The van der Waals surface area contributed by atoms with Gasteiger partial charge in [-0.1, -0.05) is 64.3 Å². The van der Waals surface area contributed by atoms with E-state index >= 15 is 0 Å². The quantitative estimate of drug-likeness (QED) is 0.284. The van der Waals surface area contributed by atoms with E-state index in [1.807, 2.05) is 26.0 Å². The second-order valence-electron chi connectivity index (χ2n) is 11.3. The molecule has 0 saturated heterocycles. The number of hydrogen-bond acceptors (Lipinski definition) is 3. The van der Waals surface area contributed by atoms with Gasteiger partial charge in [-0.05, 0) is 77.7 Å². The van der Waals surface area contributed by atoms with Crippen molar-refractivity contribution < 1.29 is 9.59 Å². The van der Waals surface area contributed by atoms with Crippen molar-refractivity contribution >= 4 is 11.6 Å². The molecular formula is C29H49NO2. The van der Waals surface area contributed by atoms with Gasteiger partial charge in [0.25, 0.3) is 0 Å². The maximum atomic E-state index is 12.7. The van der Waals surface area contributed by atoms with E-state index in [1.165, 1.54) is 12.0 Å². The molecule has 2 unspecified atom stereocenters. The van der Waals surface area contributed by atoms with Crippen LogP contribution in [0.5, 0.6) is 0 Å². The first-order chi connectivity index (χ1) is 14.9. The molecule has 0 spiro atoms. The Labute approximate surface area is 198 Å². The van der Waals surface area contributed by atoms with E-state index in [0.29, 0.717) is 30.5 Å². The van der Waals surface area contributed by atoms with Crippen LogP contribution in [0.15, 0.2) is 24.3 Å². The monoisotopic (exact) mass is 443 g/mol. The molecule has 1 rings (SSSR count). The molecule has 0 amide bonds. The first-order valence-electron chi connectivity index (χ1n) is 12.8. The van der Waals surface area contributed by atoms with Crippen LogP contribution in [0, 0.1) is 11.8 Å². The number of Topliss-reactive ketones (excluding diaryl/α,β-unsaturated/α-hetero) is 2. The molecule has 3 nitrogen and oxygen atoms in total. The smallest absolute Gasteiger partial charge is 0.162 e. The summed E-state index contributed by atoms with van der Waals surface area (Å²) in [5, 5.41) is 3.45. The van der Waals surface area contributed by atoms with Crippen molar-refractivity contribution in [3.8, 4) is 0 Å². The molecule has 2 atom stereocenters. The minimum atomic E-state index is -0.475. The molecule has 0 saturated carbocycles. The van der Waals surface area contributed by atoms with Gasteiger partial charge in [-0.25, -0.2) is 0 Å². The fraction of sp³-hybridized carbons (Fsp3) is 0.724. The Morgan fingerprint density at radius 2 is 1.50 bits per heavy atom. The SMILES string of the molecule is CCc1ccc(C(=O)CCCC(CC)CC(C)CCCC(=O)C(C)(C)NC(C)(C)C)cc1. The van der Waals surface area contributed by atoms with E-state index in [4.69, 9.17) is 0 Å². The molecule has 3 heteroatoms. The summed E-state index contributed by atoms with van der Waals surface area (Å²) in [4.78, 5) is 25.1. The first-order valence-corrected chi connectivity index (χ1v) is 12.8. The average Bonchev–Trinajstić information content (AvgIpc) is 2.71. The summed E-state index contributed by atoms with van der Waals surface area (Å²) in [7, 11) is 0. The predicted molar refractivity (Wildman–Crippen MR) is 137 cm³/mol. The number of nitrogens with one attached hydrogen (secondary N) is 1. The van der Waals surface area contributed by atoms with E-state index in [9.17, 15) is 9.59 Å². The summed E-state index contributed by atoms with van der Waals surface area (Å²) in [5.41, 5.74) is 1.58. The van der Waals surface area contributed by atoms with Gasteiger partial charge in [0.05, 0.1) is 5.54 Å². The Morgan fingerprint density at radius 3 is 2.03 bits per heavy atom. The van der Waals surface area contributed by atoms with E-state index < -0.39 is 5.54 Å². The van der Waals surface area contributed by atoms with E-state index in [1.54, 1.807) is 0 Å². The van der Waals surface area contributed by atoms with Crippen LogP contribution in [0.1, 0.15) is 123 Å².